The van der Waals surface area contributed by atoms with Gasteiger partial charge >= 0.3 is 41.5 Å². The maximum absolute atomic E-state index is 11.6. The van der Waals surface area contributed by atoms with Crippen molar-refractivity contribution in [2.45, 2.75) is 48.0 Å². The van der Waals surface area contributed by atoms with Gasteiger partial charge in [-0.05, 0) is 34.6 Å². The van der Waals surface area contributed by atoms with E-state index in [1.807, 2.05) is 0 Å². The Morgan fingerprint density at radius 3 is 1.11 bits per heavy atom. The van der Waals surface area contributed by atoms with Gasteiger partial charge in [-0.15, -0.1) is 0 Å². The Morgan fingerprint density at radius 1 is 0.583 bits per heavy atom. The first-order valence-electron chi connectivity index (χ1n) is 11.0. The second-order valence-corrected chi connectivity index (χ2v) is 7.15. The van der Waals surface area contributed by atoms with Gasteiger partial charge < -0.3 is 10.9 Å². The van der Waals surface area contributed by atoms with Gasteiger partial charge in [0.1, 0.15) is 6.42 Å². The average Bonchev–Trinajstić information content (AvgIpc) is 2.80. The molecule has 0 atom stereocenters. The Hall–Kier alpha value is -2.94. The zero-order valence-electron chi connectivity index (χ0n) is 23.0. The molecular formula is C27H33NaO8. The first kappa shape index (κ1) is 35.2. The SMILES string of the molecule is CC(=O)c1ccc(C(C)=O)cc1.CCOC(=O)CC(=O)c1ccc(C(C)=O)cc1.CCOC(C)=O.[H-].[Na+]. The molecule has 0 bridgehead atoms. The van der Waals surface area contributed by atoms with Crippen LogP contribution in [-0.2, 0) is 19.1 Å². The number of hydrogen-bond donors (Lipinski definition) is 0. The molecule has 0 aliphatic heterocycles. The van der Waals surface area contributed by atoms with Crippen LogP contribution in [0.1, 0.15) is 90.8 Å². The molecule has 2 rings (SSSR count). The molecule has 0 radical (unpaired) electrons. The molecule has 0 heterocycles. The van der Waals surface area contributed by atoms with Crippen LogP contribution in [0.25, 0.3) is 0 Å². The maximum atomic E-state index is 11.6. The van der Waals surface area contributed by atoms with Crippen LogP contribution in [-0.4, -0.2) is 48.3 Å². The van der Waals surface area contributed by atoms with Crippen LogP contribution in [0.4, 0.5) is 0 Å². The molecule has 0 saturated heterocycles. The number of carbonyl (C=O) groups excluding carboxylic acids is 6. The van der Waals surface area contributed by atoms with Gasteiger partial charge in [0.2, 0.25) is 0 Å². The fourth-order valence-corrected chi connectivity index (χ4v) is 2.48. The van der Waals surface area contributed by atoms with Crippen LogP contribution in [0, 0.1) is 0 Å². The van der Waals surface area contributed by atoms with Crippen LogP contribution >= 0.6 is 0 Å². The third kappa shape index (κ3) is 15.1. The molecule has 2 aromatic rings. The summed E-state index contributed by atoms with van der Waals surface area (Å²) >= 11 is 0. The molecule has 0 unspecified atom stereocenters. The summed E-state index contributed by atoms with van der Waals surface area (Å²) in [4.78, 5) is 65.3. The quantitative estimate of drug-likeness (QED) is 0.229. The van der Waals surface area contributed by atoms with Gasteiger partial charge in [-0.2, -0.15) is 0 Å². The summed E-state index contributed by atoms with van der Waals surface area (Å²) in [5, 5.41) is 0. The van der Waals surface area contributed by atoms with E-state index in [-0.39, 0.29) is 73.1 Å². The number of esters is 2. The summed E-state index contributed by atoms with van der Waals surface area (Å²) in [5.41, 5.74) is 2.22. The van der Waals surface area contributed by atoms with Crippen molar-refractivity contribution in [2.24, 2.45) is 0 Å². The predicted molar refractivity (Wildman–Crippen MR) is 132 cm³/mol. The molecule has 0 amide bonds. The molecule has 0 spiro atoms. The van der Waals surface area contributed by atoms with E-state index in [2.05, 4.69) is 9.47 Å². The van der Waals surface area contributed by atoms with E-state index in [4.69, 9.17) is 0 Å². The first-order valence-corrected chi connectivity index (χ1v) is 11.0. The van der Waals surface area contributed by atoms with E-state index in [1.54, 1.807) is 50.2 Å². The predicted octanol–water partition coefficient (Wildman–Crippen LogP) is 1.80. The number of ketones is 4. The van der Waals surface area contributed by atoms with Crippen molar-refractivity contribution in [2.75, 3.05) is 13.2 Å². The zero-order chi connectivity index (χ0) is 27.0. The number of ether oxygens (including phenoxy) is 2. The average molecular weight is 509 g/mol. The fourth-order valence-electron chi connectivity index (χ4n) is 2.48. The van der Waals surface area contributed by atoms with Crippen LogP contribution in [0.5, 0.6) is 0 Å². The monoisotopic (exact) mass is 508 g/mol. The van der Waals surface area contributed by atoms with Crippen molar-refractivity contribution in [1.82, 2.24) is 0 Å². The summed E-state index contributed by atoms with van der Waals surface area (Å²) in [6.07, 6.45) is -0.271. The summed E-state index contributed by atoms with van der Waals surface area (Å²) in [6.45, 7) is 10.1. The second kappa shape index (κ2) is 19.3. The van der Waals surface area contributed by atoms with Gasteiger partial charge in [0.25, 0.3) is 0 Å². The molecule has 0 saturated carbocycles. The van der Waals surface area contributed by atoms with E-state index in [0.29, 0.717) is 28.9 Å². The van der Waals surface area contributed by atoms with Crippen LogP contribution in [0.15, 0.2) is 48.5 Å². The van der Waals surface area contributed by atoms with Gasteiger partial charge in [-0.1, -0.05) is 48.5 Å². The third-order valence-corrected chi connectivity index (χ3v) is 4.27. The molecule has 0 aliphatic rings. The summed E-state index contributed by atoms with van der Waals surface area (Å²) in [5.74, 6) is -1.08. The third-order valence-electron chi connectivity index (χ3n) is 4.27. The van der Waals surface area contributed by atoms with Gasteiger partial charge in [-0.3, -0.25) is 28.8 Å². The first-order chi connectivity index (χ1) is 16.4. The molecule has 0 N–H and O–H groups in total. The second-order valence-electron chi connectivity index (χ2n) is 7.15. The smallest absolute Gasteiger partial charge is 1.00 e. The molecule has 0 fully saturated rings. The van der Waals surface area contributed by atoms with E-state index >= 15 is 0 Å². The number of benzene rings is 2. The largest absolute Gasteiger partial charge is 1.00 e. The van der Waals surface area contributed by atoms with Crippen LogP contribution < -0.4 is 29.6 Å². The number of hydrogen-bond acceptors (Lipinski definition) is 8. The minimum Gasteiger partial charge on any atom is -1.00 e. The van der Waals surface area contributed by atoms with E-state index < -0.39 is 5.97 Å². The van der Waals surface area contributed by atoms with E-state index in [1.165, 1.54) is 39.8 Å². The van der Waals surface area contributed by atoms with Crippen molar-refractivity contribution in [3.8, 4) is 0 Å². The molecule has 8 nitrogen and oxygen atoms in total. The van der Waals surface area contributed by atoms with Crippen molar-refractivity contribution in [3.63, 3.8) is 0 Å². The zero-order valence-corrected chi connectivity index (χ0v) is 24.0. The van der Waals surface area contributed by atoms with Crippen molar-refractivity contribution >= 4 is 35.1 Å². The molecule has 190 valence electrons. The fraction of sp³-hybridized carbons (Fsp3) is 0.333. The molecule has 2 aromatic carbocycles. The van der Waals surface area contributed by atoms with E-state index in [0.717, 1.165) is 0 Å². The molecule has 0 aliphatic carbocycles. The van der Waals surface area contributed by atoms with Gasteiger partial charge in [0.05, 0.1) is 13.2 Å². The van der Waals surface area contributed by atoms with Gasteiger partial charge in [0.15, 0.2) is 23.1 Å². The van der Waals surface area contributed by atoms with E-state index in [9.17, 15) is 28.8 Å². The van der Waals surface area contributed by atoms with Gasteiger partial charge in [0, 0.05) is 29.2 Å². The topological polar surface area (TPSA) is 121 Å². The number of rotatable bonds is 8. The number of Topliss-reactive ketones (excluding diaryl/α,β-unsaturated/α-hetero) is 4. The standard InChI is InChI=1S/C13H14O4.C10H10O2.C4H8O2.Na.H/c1-3-17-13(16)8-12(15)11-6-4-10(5-7-11)9(2)14;1-7(11)9-3-5-10(6-4-9)8(2)12;1-3-6-4(2)5;;/h4-7H,3,8H2,1-2H3;3-6H,1-2H3;3H2,1-2H3;;/q;;;+1;-1. The summed E-state index contributed by atoms with van der Waals surface area (Å²) in [6, 6.07) is 12.9. The Balaban J connectivity index is -0.000000507. The van der Waals surface area contributed by atoms with Crippen LogP contribution in [0.2, 0.25) is 0 Å². The molecule has 9 heteroatoms. The number of carbonyl (C=O) groups is 6. The molecular weight excluding hydrogens is 475 g/mol. The summed E-state index contributed by atoms with van der Waals surface area (Å²) < 4.78 is 9.08. The molecule has 36 heavy (non-hydrogen) atoms. The summed E-state index contributed by atoms with van der Waals surface area (Å²) in [7, 11) is 0. The van der Waals surface area contributed by atoms with Gasteiger partial charge in [-0.25, -0.2) is 0 Å². The Morgan fingerprint density at radius 2 is 0.889 bits per heavy atom. The minimum absolute atomic E-state index is 0. The molecule has 0 aromatic heterocycles. The van der Waals surface area contributed by atoms with Crippen molar-refractivity contribution in [3.05, 3.63) is 70.8 Å². The minimum atomic E-state index is -0.534. The van der Waals surface area contributed by atoms with Crippen LogP contribution in [0.3, 0.4) is 0 Å². The normalized spacial score (nSPS) is 9.06. The van der Waals surface area contributed by atoms with Crippen molar-refractivity contribution < 1.29 is 69.2 Å². The van der Waals surface area contributed by atoms with Crippen molar-refractivity contribution in [1.29, 1.82) is 0 Å². The Labute approximate surface area is 235 Å². The Kier molecular flexibility index (Phi) is 18.9. The Bertz CT molecular complexity index is 998. The maximum Gasteiger partial charge on any atom is 1.00 e.